The SMILES string of the molecule is C[C@@H]1CN(C(C)(C)C#CC#CC(C)(C)N2CC[C@H](O)[C@@H](C)C2)CC[C@H]1O. The molecule has 0 saturated carbocycles. The highest BCUT2D eigenvalue weighted by Crippen LogP contribution is 2.25. The van der Waals surface area contributed by atoms with Crippen LogP contribution in [0, 0.1) is 35.5 Å². The summed E-state index contributed by atoms with van der Waals surface area (Å²) in [5.74, 6) is 13.3. The number of rotatable bonds is 2. The third-order valence-electron chi connectivity index (χ3n) is 6.10. The van der Waals surface area contributed by atoms with Gasteiger partial charge in [0.05, 0.1) is 23.3 Å². The summed E-state index contributed by atoms with van der Waals surface area (Å²) in [6.45, 7) is 16.2. The molecule has 2 aliphatic rings. The first kappa shape index (κ1) is 21.3. The molecule has 2 saturated heterocycles. The maximum absolute atomic E-state index is 9.92. The molecule has 0 bridgehead atoms. The molecule has 26 heavy (non-hydrogen) atoms. The largest absolute Gasteiger partial charge is 0.393 e. The number of aliphatic hydroxyl groups is 2. The Bertz CT molecular complexity index is 551. The minimum Gasteiger partial charge on any atom is -0.393 e. The highest BCUT2D eigenvalue weighted by Gasteiger charge is 2.33. The summed E-state index contributed by atoms with van der Waals surface area (Å²) in [6.07, 6.45) is 1.23. The first-order chi connectivity index (χ1) is 12.0. The van der Waals surface area contributed by atoms with Gasteiger partial charge < -0.3 is 10.2 Å². The fraction of sp³-hybridized carbons (Fsp3) is 0.818. The predicted octanol–water partition coefficient (Wildman–Crippen LogP) is 1.96. The van der Waals surface area contributed by atoms with E-state index in [9.17, 15) is 10.2 Å². The van der Waals surface area contributed by atoms with Gasteiger partial charge in [0.2, 0.25) is 0 Å². The molecule has 2 fully saturated rings. The molecular formula is C22H36N2O2. The van der Waals surface area contributed by atoms with Crippen LogP contribution >= 0.6 is 0 Å². The molecule has 0 amide bonds. The van der Waals surface area contributed by atoms with Gasteiger partial charge in [0.25, 0.3) is 0 Å². The van der Waals surface area contributed by atoms with Gasteiger partial charge in [-0.15, -0.1) is 0 Å². The third kappa shape index (κ3) is 5.24. The van der Waals surface area contributed by atoms with E-state index in [0.29, 0.717) is 0 Å². The number of piperidine rings is 2. The maximum atomic E-state index is 9.92. The van der Waals surface area contributed by atoms with Gasteiger partial charge in [-0.3, -0.25) is 9.80 Å². The zero-order valence-electron chi connectivity index (χ0n) is 17.3. The molecule has 0 aromatic heterocycles. The first-order valence-corrected chi connectivity index (χ1v) is 9.93. The molecule has 0 spiro atoms. The second kappa shape index (κ2) is 8.32. The normalized spacial score (nSPS) is 31.5. The summed E-state index contributed by atoms with van der Waals surface area (Å²) in [5, 5.41) is 19.8. The van der Waals surface area contributed by atoms with E-state index in [-0.39, 0.29) is 35.1 Å². The summed E-state index contributed by atoms with van der Waals surface area (Å²) in [7, 11) is 0. The number of nitrogens with zero attached hydrogens (tertiary/aromatic N) is 2. The molecule has 2 rings (SSSR count). The lowest BCUT2D eigenvalue weighted by molar-refractivity contribution is 0.00867. The number of aliphatic hydroxyl groups excluding tert-OH is 2. The van der Waals surface area contributed by atoms with Crippen molar-refractivity contribution in [1.29, 1.82) is 0 Å². The Kier molecular flexibility index (Phi) is 6.81. The Balaban J connectivity index is 2.00. The van der Waals surface area contributed by atoms with Crippen LogP contribution < -0.4 is 0 Å². The molecule has 146 valence electrons. The molecule has 4 nitrogen and oxygen atoms in total. The fourth-order valence-electron chi connectivity index (χ4n) is 3.81. The fourth-order valence-corrected chi connectivity index (χ4v) is 3.81. The first-order valence-electron chi connectivity index (χ1n) is 9.93. The Morgan fingerprint density at radius 2 is 1.08 bits per heavy atom. The summed E-state index contributed by atoms with van der Waals surface area (Å²) >= 11 is 0. The molecule has 0 aromatic carbocycles. The van der Waals surface area contributed by atoms with Gasteiger partial charge in [0, 0.05) is 26.2 Å². The molecular weight excluding hydrogens is 324 g/mol. The quantitative estimate of drug-likeness (QED) is 0.739. The molecule has 0 aliphatic carbocycles. The lowest BCUT2D eigenvalue weighted by Gasteiger charge is -2.42. The monoisotopic (exact) mass is 360 g/mol. The minimum absolute atomic E-state index is 0.193. The Hall–Kier alpha value is -1.04. The van der Waals surface area contributed by atoms with E-state index in [0.717, 1.165) is 39.0 Å². The second-order valence-corrected chi connectivity index (χ2v) is 9.18. The molecule has 4 heteroatoms. The van der Waals surface area contributed by atoms with E-state index in [1.807, 2.05) is 0 Å². The van der Waals surface area contributed by atoms with Crippen LogP contribution in [0.5, 0.6) is 0 Å². The van der Waals surface area contributed by atoms with E-state index < -0.39 is 0 Å². The van der Waals surface area contributed by atoms with Gasteiger partial charge in [-0.2, -0.15) is 0 Å². The standard InChI is InChI=1S/C22H36N2O2/c1-17-15-23(13-9-19(17)25)21(3,4)11-7-8-12-22(5,6)24-14-10-20(26)18(2)16-24/h17-20,25-26H,9-10,13-16H2,1-6H3/t17-,18+,19-,20+. The van der Waals surface area contributed by atoms with Crippen molar-refractivity contribution in [3.8, 4) is 23.7 Å². The molecule has 2 N–H and O–H groups in total. The van der Waals surface area contributed by atoms with Crippen molar-refractivity contribution in [3.63, 3.8) is 0 Å². The number of hydrogen-bond donors (Lipinski definition) is 2. The lowest BCUT2D eigenvalue weighted by Crippen LogP contribution is -2.51. The number of hydrogen-bond acceptors (Lipinski definition) is 4. The van der Waals surface area contributed by atoms with Crippen molar-refractivity contribution in [2.75, 3.05) is 26.2 Å². The Morgan fingerprint density at radius 1 is 0.731 bits per heavy atom. The third-order valence-corrected chi connectivity index (χ3v) is 6.10. The van der Waals surface area contributed by atoms with Gasteiger partial charge in [0.1, 0.15) is 0 Å². The van der Waals surface area contributed by atoms with E-state index in [1.165, 1.54) is 0 Å². The summed E-state index contributed by atoms with van der Waals surface area (Å²) in [4.78, 5) is 4.69. The van der Waals surface area contributed by atoms with Crippen molar-refractivity contribution in [2.45, 2.75) is 77.7 Å². The van der Waals surface area contributed by atoms with Gasteiger partial charge in [-0.05, 0) is 64.2 Å². The molecule has 2 aliphatic heterocycles. The molecule has 2 heterocycles. The zero-order chi connectivity index (χ0) is 19.5. The highest BCUT2D eigenvalue weighted by molar-refractivity contribution is 5.33. The Labute approximate surface area is 159 Å². The van der Waals surface area contributed by atoms with E-state index in [1.54, 1.807) is 0 Å². The molecule has 4 atom stereocenters. The highest BCUT2D eigenvalue weighted by atomic mass is 16.3. The van der Waals surface area contributed by atoms with Crippen LogP contribution in [0.1, 0.15) is 54.4 Å². The smallest absolute Gasteiger partial charge is 0.0779 e. The molecule has 0 aromatic rings. The summed E-state index contributed by atoms with van der Waals surface area (Å²) < 4.78 is 0. The van der Waals surface area contributed by atoms with Crippen LogP contribution in [0.4, 0.5) is 0 Å². The minimum atomic E-state index is -0.239. The van der Waals surface area contributed by atoms with Crippen LogP contribution in [0.25, 0.3) is 0 Å². The van der Waals surface area contributed by atoms with Crippen LogP contribution in [-0.2, 0) is 0 Å². The number of likely N-dealkylation sites (tertiary alicyclic amines) is 2. The summed E-state index contributed by atoms with van der Waals surface area (Å²) in [6, 6.07) is 0. The van der Waals surface area contributed by atoms with Crippen molar-refractivity contribution in [1.82, 2.24) is 9.80 Å². The van der Waals surface area contributed by atoms with Crippen LogP contribution in [0.2, 0.25) is 0 Å². The zero-order valence-corrected chi connectivity index (χ0v) is 17.3. The van der Waals surface area contributed by atoms with Crippen LogP contribution in [0.3, 0.4) is 0 Å². The van der Waals surface area contributed by atoms with E-state index in [2.05, 4.69) is 75.0 Å². The average Bonchev–Trinajstić information content (AvgIpc) is 2.56. The van der Waals surface area contributed by atoms with Crippen LogP contribution in [0.15, 0.2) is 0 Å². The maximum Gasteiger partial charge on any atom is 0.0779 e. The van der Waals surface area contributed by atoms with Crippen LogP contribution in [-0.4, -0.2) is 69.5 Å². The Morgan fingerprint density at radius 3 is 1.38 bits per heavy atom. The van der Waals surface area contributed by atoms with Crippen molar-refractivity contribution < 1.29 is 10.2 Å². The van der Waals surface area contributed by atoms with E-state index in [4.69, 9.17) is 0 Å². The molecule has 0 unspecified atom stereocenters. The van der Waals surface area contributed by atoms with Gasteiger partial charge in [0.15, 0.2) is 0 Å². The topological polar surface area (TPSA) is 46.9 Å². The lowest BCUT2D eigenvalue weighted by atomic mass is 9.91. The van der Waals surface area contributed by atoms with Crippen molar-refractivity contribution >= 4 is 0 Å². The van der Waals surface area contributed by atoms with Crippen molar-refractivity contribution in [3.05, 3.63) is 0 Å². The summed E-state index contributed by atoms with van der Waals surface area (Å²) in [5.41, 5.74) is -0.478. The van der Waals surface area contributed by atoms with Gasteiger partial charge >= 0.3 is 0 Å². The van der Waals surface area contributed by atoms with E-state index >= 15 is 0 Å². The predicted molar refractivity (Wildman–Crippen MR) is 106 cm³/mol. The van der Waals surface area contributed by atoms with Gasteiger partial charge in [-0.25, -0.2) is 0 Å². The average molecular weight is 361 g/mol. The van der Waals surface area contributed by atoms with Crippen molar-refractivity contribution in [2.24, 2.45) is 11.8 Å². The molecule has 0 radical (unpaired) electrons. The van der Waals surface area contributed by atoms with Gasteiger partial charge in [-0.1, -0.05) is 25.7 Å². The second-order valence-electron chi connectivity index (χ2n) is 9.18.